The third-order valence-electron chi connectivity index (χ3n) is 2.63. The van der Waals surface area contributed by atoms with E-state index in [1.54, 1.807) is 4.90 Å². The summed E-state index contributed by atoms with van der Waals surface area (Å²) in [7, 11) is 1.84. The van der Waals surface area contributed by atoms with Gasteiger partial charge in [0.25, 0.3) is 0 Å². The van der Waals surface area contributed by atoms with Crippen molar-refractivity contribution in [3.8, 4) is 0 Å². The van der Waals surface area contributed by atoms with Crippen LogP contribution >= 0.6 is 11.8 Å². The molecule has 0 aromatic rings. The Hall–Kier alpha value is -0.220. The van der Waals surface area contributed by atoms with E-state index in [-0.39, 0.29) is 5.91 Å². The molecule has 0 spiro atoms. The van der Waals surface area contributed by atoms with Crippen LogP contribution in [-0.2, 0) is 4.79 Å². The summed E-state index contributed by atoms with van der Waals surface area (Å²) < 4.78 is 0. The summed E-state index contributed by atoms with van der Waals surface area (Å²) in [6, 6.07) is 0. The topological polar surface area (TPSA) is 32.3 Å². The molecule has 3 nitrogen and oxygen atoms in total. The number of hydrogen-bond donors (Lipinski definition) is 1. The molecule has 1 atom stereocenters. The Labute approximate surface area is 90.6 Å². The van der Waals surface area contributed by atoms with E-state index in [9.17, 15) is 4.79 Å². The maximum Gasteiger partial charge on any atom is 0.236 e. The molecule has 1 amide bonds. The van der Waals surface area contributed by atoms with Crippen molar-refractivity contribution in [2.45, 2.75) is 13.3 Å². The number of carbonyl (C=O) groups excluding carboxylic acids is 1. The van der Waals surface area contributed by atoms with Gasteiger partial charge in [-0.3, -0.25) is 4.79 Å². The highest BCUT2D eigenvalue weighted by molar-refractivity contribution is 7.99. The fourth-order valence-corrected chi connectivity index (χ4v) is 2.72. The Morgan fingerprint density at radius 2 is 2.43 bits per heavy atom. The van der Waals surface area contributed by atoms with E-state index in [4.69, 9.17) is 0 Å². The second-order valence-corrected chi connectivity index (χ2v) is 4.92. The molecule has 1 N–H and O–H groups in total. The van der Waals surface area contributed by atoms with E-state index < -0.39 is 0 Å². The maximum absolute atomic E-state index is 11.4. The lowest BCUT2D eigenvalue weighted by Crippen LogP contribution is -2.37. The minimum Gasteiger partial charge on any atom is -0.345 e. The molecule has 1 fully saturated rings. The van der Waals surface area contributed by atoms with Gasteiger partial charge in [0.1, 0.15) is 0 Å². The zero-order valence-corrected chi connectivity index (χ0v) is 9.90. The van der Waals surface area contributed by atoms with Gasteiger partial charge in [0.15, 0.2) is 0 Å². The number of likely N-dealkylation sites (N-methyl/N-ethyl adjacent to an activating group) is 1. The largest absolute Gasteiger partial charge is 0.345 e. The van der Waals surface area contributed by atoms with E-state index in [0.717, 1.165) is 19.0 Å². The molecule has 1 heterocycles. The van der Waals surface area contributed by atoms with E-state index in [1.807, 2.05) is 25.7 Å². The van der Waals surface area contributed by atoms with E-state index in [0.29, 0.717) is 6.54 Å². The molecular formula is C10H20N2OS. The number of thioether (sulfide) groups is 1. The van der Waals surface area contributed by atoms with Crippen molar-refractivity contribution in [3.63, 3.8) is 0 Å². The Kier molecular flexibility index (Phi) is 5.33. The monoisotopic (exact) mass is 216 g/mol. The van der Waals surface area contributed by atoms with Crippen molar-refractivity contribution in [1.29, 1.82) is 0 Å². The van der Waals surface area contributed by atoms with Crippen LogP contribution in [0.3, 0.4) is 0 Å². The number of amides is 1. The predicted octanol–water partition coefficient (Wildman–Crippen LogP) is 0.807. The van der Waals surface area contributed by atoms with Crippen LogP contribution < -0.4 is 5.32 Å². The number of nitrogens with zero attached hydrogens (tertiary/aromatic N) is 1. The van der Waals surface area contributed by atoms with Gasteiger partial charge in [-0.1, -0.05) is 0 Å². The van der Waals surface area contributed by atoms with E-state index in [1.165, 1.54) is 17.9 Å². The number of carbonyl (C=O) groups is 1. The molecule has 0 bridgehead atoms. The van der Waals surface area contributed by atoms with Crippen molar-refractivity contribution in [3.05, 3.63) is 0 Å². The van der Waals surface area contributed by atoms with Crippen LogP contribution in [0.2, 0.25) is 0 Å². The van der Waals surface area contributed by atoms with Crippen LogP contribution in [0.4, 0.5) is 0 Å². The lowest BCUT2D eigenvalue weighted by atomic mass is 10.1. The van der Waals surface area contributed by atoms with Gasteiger partial charge >= 0.3 is 0 Å². The normalized spacial score (nSPS) is 21.1. The highest BCUT2D eigenvalue weighted by atomic mass is 32.2. The summed E-state index contributed by atoms with van der Waals surface area (Å²) >= 11 is 2.02. The molecule has 4 heteroatoms. The lowest BCUT2D eigenvalue weighted by molar-refractivity contribution is -0.128. The highest BCUT2D eigenvalue weighted by Gasteiger charge is 2.15. The smallest absolute Gasteiger partial charge is 0.236 e. The molecule has 82 valence electrons. The molecule has 1 aliphatic rings. The van der Waals surface area contributed by atoms with E-state index >= 15 is 0 Å². The zero-order valence-electron chi connectivity index (χ0n) is 9.08. The van der Waals surface area contributed by atoms with Crippen molar-refractivity contribution in [2.24, 2.45) is 5.92 Å². The predicted molar refractivity (Wildman–Crippen MR) is 61.6 cm³/mol. The van der Waals surface area contributed by atoms with Gasteiger partial charge in [0.2, 0.25) is 5.91 Å². The molecule has 0 aliphatic carbocycles. The first-order valence-corrected chi connectivity index (χ1v) is 6.42. The summed E-state index contributed by atoms with van der Waals surface area (Å²) in [6.07, 6.45) is 1.30. The summed E-state index contributed by atoms with van der Waals surface area (Å²) in [6.45, 7) is 4.27. The van der Waals surface area contributed by atoms with Gasteiger partial charge in [-0.05, 0) is 37.3 Å². The lowest BCUT2D eigenvalue weighted by Gasteiger charge is -2.15. The summed E-state index contributed by atoms with van der Waals surface area (Å²) in [5, 5.41) is 3.24. The molecule has 1 unspecified atom stereocenters. The van der Waals surface area contributed by atoms with Crippen molar-refractivity contribution in [1.82, 2.24) is 10.2 Å². The fraction of sp³-hybridized carbons (Fsp3) is 0.900. The van der Waals surface area contributed by atoms with Gasteiger partial charge in [-0.2, -0.15) is 11.8 Å². The minimum atomic E-state index is 0.193. The number of hydrogen-bond acceptors (Lipinski definition) is 3. The SMILES string of the molecule is CCN(C)C(=O)CNCC1CCSC1. The van der Waals surface area contributed by atoms with Gasteiger partial charge in [0.05, 0.1) is 6.54 Å². The average molecular weight is 216 g/mol. The van der Waals surface area contributed by atoms with Crippen LogP contribution in [0.15, 0.2) is 0 Å². The highest BCUT2D eigenvalue weighted by Crippen LogP contribution is 2.22. The maximum atomic E-state index is 11.4. The quantitative estimate of drug-likeness (QED) is 0.738. The van der Waals surface area contributed by atoms with Crippen LogP contribution in [0.25, 0.3) is 0 Å². The molecule has 0 aromatic carbocycles. The first kappa shape index (κ1) is 11.9. The molecule has 1 rings (SSSR count). The fourth-order valence-electron chi connectivity index (χ4n) is 1.44. The number of rotatable bonds is 5. The molecule has 0 radical (unpaired) electrons. The van der Waals surface area contributed by atoms with Gasteiger partial charge in [0, 0.05) is 13.6 Å². The van der Waals surface area contributed by atoms with Crippen LogP contribution in [-0.4, -0.2) is 49.0 Å². The summed E-state index contributed by atoms with van der Waals surface area (Å²) in [4.78, 5) is 13.2. The van der Waals surface area contributed by atoms with Crippen LogP contribution in [0.1, 0.15) is 13.3 Å². The first-order valence-electron chi connectivity index (χ1n) is 5.26. The Morgan fingerprint density at radius 3 is 3.00 bits per heavy atom. The Bertz CT molecular complexity index is 181. The second-order valence-electron chi connectivity index (χ2n) is 3.77. The minimum absolute atomic E-state index is 0.193. The molecular weight excluding hydrogens is 196 g/mol. The summed E-state index contributed by atoms with van der Waals surface area (Å²) in [5.74, 6) is 3.51. The van der Waals surface area contributed by atoms with Crippen molar-refractivity contribution >= 4 is 17.7 Å². The summed E-state index contributed by atoms with van der Waals surface area (Å²) in [5.41, 5.74) is 0. The van der Waals surface area contributed by atoms with Crippen molar-refractivity contribution in [2.75, 3.05) is 38.2 Å². The van der Waals surface area contributed by atoms with E-state index in [2.05, 4.69) is 5.32 Å². The Balaban J connectivity index is 2.05. The third kappa shape index (κ3) is 3.88. The molecule has 1 saturated heterocycles. The van der Waals surface area contributed by atoms with Crippen LogP contribution in [0.5, 0.6) is 0 Å². The molecule has 14 heavy (non-hydrogen) atoms. The van der Waals surface area contributed by atoms with Crippen molar-refractivity contribution < 1.29 is 4.79 Å². The molecule has 0 aromatic heterocycles. The van der Waals surface area contributed by atoms with Gasteiger partial charge in [-0.25, -0.2) is 0 Å². The van der Waals surface area contributed by atoms with Gasteiger partial charge < -0.3 is 10.2 Å². The second kappa shape index (κ2) is 6.30. The van der Waals surface area contributed by atoms with Crippen LogP contribution in [0, 0.1) is 5.92 Å². The average Bonchev–Trinajstić information content (AvgIpc) is 2.69. The molecule has 0 saturated carbocycles. The third-order valence-corrected chi connectivity index (χ3v) is 3.86. The number of nitrogens with one attached hydrogen (secondary N) is 1. The zero-order chi connectivity index (χ0) is 10.4. The van der Waals surface area contributed by atoms with Gasteiger partial charge in [-0.15, -0.1) is 0 Å². The first-order chi connectivity index (χ1) is 6.74. The Morgan fingerprint density at radius 1 is 1.64 bits per heavy atom. The molecule has 1 aliphatic heterocycles. The standard InChI is InChI=1S/C10H20N2OS/c1-3-12(2)10(13)7-11-6-9-4-5-14-8-9/h9,11H,3-8H2,1-2H3.